The molecule has 14 nitrogen and oxygen atoms in total. The highest BCUT2D eigenvalue weighted by Crippen LogP contribution is 2.27. The SMILES string of the molecule is COC(CC(O)[C@H](C)NC(C)=O)(OCC1O[C@@H](OCC(O)[C@@H](C)O)C(O)C(O)[C@@H]1O)C(=O)O. The van der Waals surface area contributed by atoms with Gasteiger partial charge in [-0.05, 0) is 13.8 Å². The Labute approximate surface area is 190 Å². The van der Waals surface area contributed by atoms with Crippen LogP contribution in [-0.4, -0.2) is 129 Å². The van der Waals surface area contributed by atoms with Gasteiger partial charge in [0.25, 0.3) is 5.79 Å². The van der Waals surface area contributed by atoms with Crippen molar-refractivity contribution in [2.75, 3.05) is 20.3 Å². The smallest absolute Gasteiger partial charge is 0.364 e. The van der Waals surface area contributed by atoms with E-state index in [9.17, 15) is 45.3 Å². The molecule has 0 bridgehead atoms. The van der Waals surface area contributed by atoms with Gasteiger partial charge in [0.05, 0.1) is 31.5 Å². The topological polar surface area (TPSA) is 225 Å². The van der Waals surface area contributed by atoms with Crippen LogP contribution in [0.1, 0.15) is 27.2 Å². The Kier molecular flexibility index (Phi) is 11.5. The predicted octanol–water partition coefficient (Wildman–Crippen LogP) is -3.73. The molecule has 1 fully saturated rings. The Bertz CT molecular complexity index is 635. The molecule has 33 heavy (non-hydrogen) atoms. The number of aliphatic carboxylic acids is 1. The van der Waals surface area contributed by atoms with Crippen molar-refractivity contribution in [2.24, 2.45) is 0 Å². The van der Waals surface area contributed by atoms with Gasteiger partial charge in [-0.1, -0.05) is 0 Å². The molecule has 0 aromatic heterocycles. The summed E-state index contributed by atoms with van der Waals surface area (Å²) >= 11 is 0. The van der Waals surface area contributed by atoms with Crippen LogP contribution in [0.25, 0.3) is 0 Å². The number of aliphatic hydroxyl groups excluding tert-OH is 6. The minimum absolute atomic E-state index is 0.446. The second-order valence-corrected chi connectivity index (χ2v) is 7.99. The third-order valence-corrected chi connectivity index (χ3v) is 5.28. The van der Waals surface area contributed by atoms with E-state index in [1.807, 2.05) is 0 Å². The predicted molar refractivity (Wildman–Crippen MR) is 108 cm³/mol. The number of nitrogens with one attached hydrogen (secondary N) is 1. The number of hydrogen-bond acceptors (Lipinski definition) is 12. The van der Waals surface area contributed by atoms with Crippen LogP contribution in [0.4, 0.5) is 0 Å². The number of rotatable bonds is 13. The lowest BCUT2D eigenvalue weighted by Crippen LogP contribution is -2.60. The van der Waals surface area contributed by atoms with Crippen LogP contribution in [0.2, 0.25) is 0 Å². The fourth-order valence-electron chi connectivity index (χ4n) is 3.05. The first kappa shape index (κ1) is 29.6. The zero-order chi connectivity index (χ0) is 25.5. The van der Waals surface area contributed by atoms with Crippen molar-refractivity contribution < 1.29 is 64.3 Å². The second kappa shape index (κ2) is 12.9. The van der Waals surface area contributed by atoms with Crippen molar-refractivity contribution >= 4 is 11.9 Å². The van der Waals surface area contributed by atoms with Crippen LogP contribution < -0.4 is 5.32 Å². The van der Waals surface area contributed by atoms with Crippen LogP contribution in [0, 0.1) is 0 Å². The van der Waals surface area contributed by atoms with E-state index in [0.29, 0.717) is 0 Å². The van der Waals surface area contributed by atoms with Gasteiger partial charge in [-0.2, -0.15) is 0 Å². The van der Waals surface area contributed by atoms with Crippen molar-refractivity contribution in [3.05, 3.63) is 0 Å². The molecule has 8 N–H and O–H groups in total. The van der Waals surface area contributed by atoms with Crippen LogP contribution in [-0.2, 0) is 28.5 Å². The fraction of sp³-hybridized carbons (Fsp3) is 0.895. The lowest BCUT2D eigenvalue weighted by Gasteiger charge is -2.41. The Morgan fingerprint density at radius 3 is 2.15 bits per heavy atom. The zero-order valence-electron chi connectivity index (χ0n) is 18.9. The molecule has 1 heterocycles. The van der Waals surface area contributed by atoms with Crippen LogP contribution >= 0.6 is 0 Å². The van der Waals surface area contributed by atoms with Crippen molar-refractivity contribution in [3.8, 4) is 0 Å². The highest BCUT2D eigenvalue weighted by Gasteiger charge is 2.48. The Balaban J connectivity index is 2.91. The summed E-state index contributed by atoms with van der Waals surface area (Å²) in [5, 5.41) is 71.7. The van der Waals surface area contributed by atoms with Gasteiger partial charge in [0.15, 0.2) is 6.29 Å². The first-order valence-corrected chi connectivity index (χ1v) is 10.3. The van der Waals surface area contributed by atoms with Gasteiger partial charge in [0, 0.05) is 20.5 Å². The highest BCUT2D eigenvalue weighted by atomic mass is 16.7. The van der Waals surface area contributed by atoms with Gasteiger partial charge in [-0.3, -0.25) is 4.79 Å². The maximum absolute atomic E-state index is 11.9. The third kappa shape index (κ3) is 8.06. The van der Waals surface area contributed by atoms with Crippen molar-refractivity contribution in [3.63, 3.8) is 0 Å². The van der Waals surface area contributed by atoms with E-state index >= 15 is 0 Å². The van der Waals surface area contributed by atoms with Crippen molar-refractivity contribution in [2.45, 2.75) is 88.0 Å². The Morgan fingerprint density at radius 2 is 1.67 bits per heavy atom. The molecule has 0 aliphatic carbocycles. The molecular formula is C19H35NO13. The van der Waals surface area contributed by atoms with E-state index in [4.69, 9.17) is 18.9 Å². The molecule has 0 radical (unpaired) electrons. The molecule has 6 unspecified atom stereocenters. The minimum Gasteiger partial charge on any atom is -0.477 e. The molecule has 0 saturated carbocycles. The number of carbonyl (C=O) groups is 2. The number of amides is 1. The third-order valence-electron chi connectivity index (χ3n) is 5.28. The molecule has 1 rings (SSSR count). The molecule has 0 aromatic rings. The van der Waals surface area contributed by atoms with Gasteiger partial charge >= 0.3 is 5.97 Å². The summed E-state index contributed by atoms with van der Waals surface area (Å²) in [7, 11) is 1.02. The molecule has 0 aromatic carbocycles. The summed E-state index contributed by atoms with van der Waals surface area (Å²) < 4.78 is 20.9. The average molecular weight is 485 g/mol. The fourth-order valence-corrected chi connectivity index (χ4v) is 3.05. The molecule has 1 aliphatic heterocycles. The number of hydrogen-bond donors (Lipinski definition) is 8. The molecule has 1 amide bonds. The molecule has 14 heteroatoms. The molecular weight excluding hydrogens is 450 g/mol. The van der Waals surface area contributed by atoms with Gasteiger partial charge < -0.3 is 60.0 Å². The Hall–Kier alpha value is -1.46. The zero-order valence-corrected chi connectivity index (χ0v) is 18.9. The lowest BCUT2D eigenvalue weighted by atomic mass is 9.98. The molecule has 194 valence electrons. The van der Waals surface area contributed by atoms with Crippen LogP contribution in [0.15, 0.2) is 0 Å². The molecule has 1 aliphatic rings. The van der Waals surface area contributed by atoms with E-state index in [0.717, 1.165) is 7.11 Å². The number of carboxylic acid groups (broad SMARTS) is 1. The number of aliphatic hydroxyl groups is 6. The standard InChI is InChI=1S/C19H35NO13/c1-8(20-10(3)22)11(23)5-19(30-4,18(28)29)32-7-13-14(25)15(26)16(27)17(33-13)31-6-12(24)9(2)21/h8-9,11-17,21,23-27H,5-7H2,1-4H3,(H,20,22)(H,28,29)/t8-,9+,11?,12?,13?,14+,15?,16?,17+,19?/m0/s1. The molecule has 10 atom stereocenters. The quantitative estimate of drug-likeness (QED) is 0.118. The van der Waals surface area contributed by atoms with E-state index < -0.39 is 92.4 Å². The average Bonchev–Trinajstić information content (AvgIpc) is 2.74. The summed E-state index contributed by atoms with van der Waals surface area (Å²) in [5.74, 6) is -4.47. The maximum atomic E-state index is 11.9. The number of carboxylic acids is 1. The van der Waals surface area contributed by atoms with Gasteiger partial charge in [0.2, 0.25) is 5.91 Å². The number of ether oxygens (including phenoxy) is 4. The first-order chi connectivity index (χ1) is 15.3. The van der Waals surface area contributed by atoms with E-state index in [1.54, 1.807) is 0 Å². The summed E-state index contributed by atoms with van der Waals surface area (Å²) in [6.45, 7) is 2.83. The second-order valence-electron chi connectivity index (χ2n) is 7.99. The van der Waals surface area contributed by atoms with E-state index in [1.165, 1.54) is 20.8 Å². The number of carbonyl (C=O) groups excluding carboxylic acids is 1. The van der Waals surface area contributed by atoms with Crippen molar-refractivity contribution in [1.82, 2.24) is 5.32 Å². The monoisotopic (exact) mass is 485 g/mol. The largest absolute Gasteiger partial charge is 0.477 e. The van der Waals surface area contributed by atoms with Gasteiger partial charge in [0.1, 0.15) is 30.5 Å². The summed E-state index contributed by atoms with van der Waals surface area (Å²) in [4.78, 5) is 23.1. The summed E-state index contributed by atoms with van der Waals surface area (Å²) in [6, 6.07) is -0.841. The minimum atomic E-state index is -2.41. The highest BCUT2D eigenvalue weighted by molar-refractivity contribution is 5.76. The molecule has 0 spiro atoms. The molecule has 1 saturated heterocycles. The van der Waals surface area contributed by atoms with Gasteiger partial charge in [-0.15, -0.1) is 0 Å². The van der Waals surface area contributed by atoms with Crippen molar-refractivity contribution in [1.29, 1.82) is 0 Å². The number of methoxy groups -OCH3 is 1. The lowest BCUT2D eigenvalue weighted by molar-refractivity contribution is -0.321. The first-order valence-electron chi connectivity index (χ1n) is 10.3. The summed E-state index contributed by atoms with van der Waals surface area (Å²) in [6.07, 6.45) is -12.6. The maximum Gasteiger partial charge on any atom is 0.364 e. The van der Waals surface area contributed by atoms with E-state index in [2.05, 4.69) is 5.32 Å². The van der Waals surface area contributed by atoms with Crippen LogP contribution in [0.5, 0.6) is 0 Å². The van der Waals surface area contributed by atoms with Crippen LogP contribution in [0.3, 0.4) is 0 Å². The van der Waals surface area contributed by atoms with E-state index in [-0.39, 0.29) is 0 Å². The van der Waals surface area contributed by atoms with Gasteiger partial charge in [-0.25, -0.2) is 4.79 Å². The Morgan fingerprint density at radius 1 is 1.06 bits per heavy atom. The summed E-state index contributed by atoms with van der Waals surface area (Å²) in [5.41, 5.74) is 0. The normalized spacial score (nSPS) is 31.2.